The van der Waals surface area contributed by atoms with Crippen LogP contribution in [0, 0.1) is 6.92 Å². The van der Waals surface area contributed by atoms with Crippen LogP contribution in [0.1, 0.15) is 63.3 Å². The number of hydrogen-bond donors (Lipinski definition) is 1. The molecule has 1 aliphatic carbocycles. The normalized spacial score (nSPS) is 14.9. The van der Waals surface area contributed by atoms with E-state index in [1.54, 1.807) is 12.3 Å². The second-order valence-electron chi connectivity index (χ2n) is 9.38. The number of nitrogens with one attached hydrogen (secondary N) is 1. The molecule has 0 radical (unpaired) electrons. The van der Waals surface area contributed by atoms with Crippen LogP contribution < -0.4 is 5.32 Å². The number of nitrogens with zero attached hydrogens (tertiary/aromatic N) is 4. The van der Waals surface area contributed by atoms with E-state index in [1.807, 2.05) is 37.5 Å². The van der Waals surface area contributed by atoms with Gasteiger partial charge in [-0.05, 0) is 48.1 Å². The fourth-order valence-electron chi connectivity index (χ4n) is 4.97. The number of fused-ring (bicyclic) bond motifs is 1. The number of carbonyl (C=O) groups is 1. The first-order valence-corrected chi connectivity index (χ1v) is 13.0. The minimum atomic E-state index is -0.216. The minimum absolute atomic E-state index is 0.216. The third-order valence-corrected chi connectivity index (χ3v) is 7.07. The first kappa shape index (κ1) is 25.1. The lowest BCUT2D eigenvalue weighted by Gasteiger charge is -2.35. The lowest BCUT2D eigenvalue weighted by Crippen LogP contribution is -2.33. The number of aryl methyl sites for hydroxylation is 2. The molecule has 3 heterocycles. The lowest BCUT2D eigenvalue weighted by atomic mass is 9.90. The third-order valence-electron chi connectivity index (χ3n) is 6.77. The minimum Gasteiger partial charge on any atom is -0.446 e. The molecule has 1 N–H and O–H groups in total. The average molecular weight is 516 g/mol. The zero-order chi connectivity index (χ0) is 25.6. The highest BCUT2D eigenvalue weighted by Crippen LogP contribution is 2.34. The molecular weight excluding hydrogens is 486 g/mol. The maximum atomic E-state index is 12.6. The summed E-state index contributed by atoms with van der Waals surface area (Å²) < 4.78 is 5.75. The van der Waals surface area contributed by atoms with E-state index in [2.05, 4.69) is 38.4 Å². The van der Waals surface area contributed by atoms with Gasteiger partial charge < -0.3 is 9.73 Å². The molecule has 1 atom stereocenters. The van der Waals surface area contributed by atoms with Crippen LogP contribution in [0.25, 0.3) is 0 Å². The van der Waals surface area contributed by atoms with Gasteiger partial charge in [0.25, 0.3) is 5.91 Å². The van der Waals surface area contributed by atoms with Gasteiger partial charge in [-0.3, -0.25) is 19.7 Å². The molecule has 5 rings (SSSR count). The van der Waals surface area contributed by atoms with E-state index in [1.165, 1.54) is 23.0 Å². The predicted octanol–water partition coefficient (Wildman–Crippen LogP) is 5.48. The van der Waals surface area contributed by atoms with Crippen molar-refractivity contribution in [2.24, 2.45) is 0 Å². The van der Waals surface area contributed by atoms with E-state index < -0.39 is 0 Å². The molecule has 37 heavy (non-hydrogen) atoms. The average Bonchev–Trinajstić information content (AvgIpc) is 3.35. The van der Waals surface area contributed by atoms with Crippen molar-refractivity contribution < 1.29 is 9.21 Å². The first-order valence-electron chi connectivity index (χ1n) is 12.6. The Kier molecular flexibility index (Phi) is 7.92. The fraction of sp³-hybridized carbons (Fsp3) is 0.310. The van der Waals surface area contributed by atoms with Crippen LogP contribution in [0.5, 0.6) is 0 Å². The van der Waals surface area contributed by atoms with E-state index >= 15 is 0 Å². The maximum Gasteiger partial charge on any atom is 0.253 e. The zero-order valence-electron chi connectivity index (χ0n) is 20.9. The summed E-state index contributed by atoms with van der Waals surface area (Å²) in [5.41, 5.74) is 5.16. The Bertz CT molecular complexity index is 1370. The molecule has 0 saturated heterocycles. The number of hydrogen-bond acceptors (Lipinski definition) is 6. The van der Waals surface area contributed by atoms with E-state index in [4.69, 9.17) is 21.0 Å². The van der Waals surface area contributed by atoms with Crippen LogP contribution >= 0.6 is 11.6 Å². The largest absolute Gasteiger partial charge is 0.446 e. The monoisotopic (exact) mass is 515 g/mol. The number of aromatic nitrogens is 3. The number of amides is 1. The van der Waals surface area contributed by atoms with Crippen LogP contribution in [0.3, 0.4) is 0 Å². The molecule has 8 heteroatoms. The Morgan fingerprint density at radius 3 is 2.86 bits per heavy atom. The topological polar surface area (TPSA) is 84.2 Å². The third kappa shape index (κ3) is 6.24. The Morgan fingerprint density at radius 2 is 2.03 bits per heavy atom. The van der Waals surface area contributed by atoms with Gasteiger partial charge in [-0.1, -0.05) is 41.9 Å². The summed E-state index contributed by atoms with van der Waals surface area (Å²) in [6, 6.07) is 14.5. The summed E-state index contributed by atoms with van der Waals surface area (Å²) >= 11 is 6.12. The fourth-order valence-corrected chi connectivity index (χ4v) is 5.17. The summed E-state index contributed by atoms with van der Waals surface area (Å²) in [4.78, 5) is 28.1. The van der Waals surface area contributed by atoms with Crippen molar-refractivity contribution in [3.8, 4) is 0 Å². The van der Waals surface area contributed by atoms with Crippen LogP contribution in [0.15, 0.2) is 71.7 Å². The van der Waals surface area contributed by atoms with Crippen molar-refractivity contribution in [1.82, 2.24) is 25.2 Å². The Labute approximate surface area is 221 Å². The molecule has 0 fully saturated rings. The quantitative estimate of drug-likeness (QED) is 0.318. The van der Waals surface area contributed by atoms with Gasteiger partial charge in [0, 0.05) is 51.6 Å². The number of benzene rings is 1. The van der Waals surface area contributed by atoms with E-state index in [0.717, 1.165) is 50.1 Å². The van der Waals surface area contributed by atoms with Crippen molar-refractivity contribution in [2.75, 3.05) is 6.54 Å². The van der Waals surface area contributed by atoms with E-state index in [0.29, 0.717) is 23.0 Å². The van der Waals surface area contributed by atoms with Crippen molar-refractivity contribution in [1.29, 1.82) is 0 Å². The molecule has 1 aliphatic rings. The predicted molar refractivity (Wildman–Crippen MR) is 142 cm³/mol. The van der Waals surface area contributed by atoms with E-state index in [-0.39, 0.29) is 11.9 Å². The molecule has 0 bridgehead atoms. The van der Waals surface area contributed by atoms with Crippen LogP contribution in [-0.4, -0.2) is 32.3 Å². The number of oxazole rings is 1. The number of carbonyl (C=O) groups excluding carboxylic acids is 1. The van der Waals surface area contributed by atoms with Crippen LogP contribution in [0.2, 0.25) is 5.02 Å². The van der Waals surface area contributed by atoms with Crippen LogP contribution in [0.4, 0.5) is 0 Å². The van der Waals surface area contributed by atoms with Gasteiger partial charge in [0.05, 0.1) is 28.5 Å². The summed E-state index contributed by atoms with van der Waals surface area (Å²) in [7, 11) is 0. The number of pyridine rings is 2. The second kappa shape index (κ2) is 11.7. The highest BCUT2D eigenvalue weighted by atomic mass is 35.5. The standard InChI is InChI=1S/C29H30ClN5O2/c1-20-33-17-24(37-20)11-14-35(27-9-3-7-23-8-4-12-32-28(23)27)19-22-6-2-5-21(15-22)16-34-29(36)25-10-13-31-18-26(25)30/h2,4-6,8,10,12-13,15,17-18,27H,3,7,9,11,14,16,19H2,1H3,(H,34,36). The smallest absolute Gasteiger partial charge is 0.253 e. The molecule has 0 aliphatic heterocycles. The molecular formula is C29H30ClN5O2. The Morgan fingerprint density at radius 1 is 1.14 bits per heavy atom. The Hall–Kier alpha value is -3.55. The van der Waals surface area contributed by atoms with Gasteiger partial charge >= 0.3 is 0 Å². The molecule has 0 saturated carbocycles. The highest BCUT2D eigenvalue weighted by molar-refractivity contribution is 6.33. The van der Waals surface area contributed by atoms with Gasteiger partial charge in [0.2, 0.25) is 0 Å². The van der Waals surface area contributed by atoms with Gasteiger partial charge in [-0.15, -0.1) is 0 Å². The van der Waals surface area contributed by atoms with E-state index in [9.17, 15) is 4.79 Å². The van der Waals surface area contributed by atoms with Gasteiger partial charge in [0.15, 0.2) is 5.89 Å². The number of rotatable bonds is 9. The molecule has 7 nitrogen and oxygen atoms in total. The lowest BCUT2D eigenvalue weighted by molar-refractivity contribution is 0.0951. The zero-order valence-corrected chi connectivity index (χ0v) is 21.6. The van der Waals surface area contributed by atoms with Crippen LogP contribution in [-0.2, 0) is 25.9 Å². The molecule has 1 amide bonds. The molecule has 1 unspecified atom stereocenters. The second-order valence-corrected chi connectivity index (χ2v) is 9.79. The maximum absolute atomic E-state index is 12.6. The summed E-state index contributed by atoms with van der Waals surface area (Å²) in [5, 5.41) is 3.31. The van der Waals surface area contributed by atoms with Gasteiger partial charge in [0.1, 0.15) is 5.76 Å². The summed E-state index contributed by atoms with van der Waals surface area (Å²) in [6.07, 6.45) is 10.8. The molecule has 4 aromatic rings. The SMILES string of the molecule is Cc1ncc(CCN(Cc2cccc(CNC(=O)c3ccncc3Cl)c2)C2CCCc3cccnc32)o1. The highest BCUT2D eigenvalue weighted by Gasteiger charge is 2.27. The van der Waals surface area contributed by atoms with Crippen molar-refractivity contribution in [2.45, 2.75) is 51.7 Å². The molecule has 0 spiro atoms. The molecule has 1 aromatic carbocycles. The van der Waals surface area contributed by atoms with Gasteiger partial charge in [-0.25, -0.2) is 4.98 Å². The van der Waals surface area contributed by atoms with Gasteiger partial charge in [-0.2, -0.15) is 0 Å². The molecule has 3 aromatic heterocycles. The Balaban J connectivity index is 1.32. The van der Waals surface area contributed by atoms with Crippen molar-refractivity contribution >= 4 is 17.5 Å². The summed E-state index contributed by atoms with van der Waals surface area (Å²) in [5.74, 6) is 1.37. The van der Waals surface area contributed by atoms with Crippen molar-refractivity contribution in [3.63, 3.8) is 0 Å². The number of halogens is 1. The molecule has 190 valence electrons. The van der Waals surface area contributed by atoms with Crippen molar-refractivity contribution in [3.05, 3.63) is 112 Å². The summed E-state index contributed by atoms with van der Waals surface area (Å²) in [6.45, 7) is 3.88. The first-order chi connectivity index (χ1) is 18.1.